The molecule has 2 rings (SSSR count). The minimum absolute atomic E-state index is 0.0160. The summed E-state index contributed by atoms with van der Waals surface area (Å²) >= 11 is 5.63. The molecule has 0 amide bonds. The zero-order valence-corrected chi connectivity index (χ0v) is 18.3. The van der Waals surface area contributed by atoms with Gasteiger partial charge in [-0.3, -0.25) is 9.59 Å². The molecule has 1 aliphatic carbocycles. The van der Waals surface area contributed by atoms with Crippen LogP contribution in [0, 0.1) is 17.3 Å². The molecule has 1 saturated heterocycles. The van der Waals surface area contributed by atoms with Crippen LogP contribution < -0.4 is 0 Å². The first kappa shape index (κ1) is 25.7. The number of carbonyl (C=O) groups excluding carboxylic acids is 2. The Balaban J connectivity index is 2.34. The summed E-state index contributed by atoms with van der Waals surface area (Å²) in [6.07, 6.45) is -3.14. The second kappa shape index (κ2) is 7.48. The number of halogens is 10. The van der Waals surface area contributed by atoms with Gasteiger partial charge in [0.05, 0.1) is 0 Å². The lowest BCUT2D eigenvalue weighted by Crippen LogP contribution is -2.61. The Labute approximate surface area is 184 Å². The monoisotopic (exact) mass is 586 g/mol. The highest BCUT2D eigenvalue weighted by molar-refractivity contribution is 14.1. The molecule has 1 saturated carbocycles. The maximum atomic E-state index is 14.2. The predicted octanol–water partition coefficient (Wildman–Crippen LogP) is 5.40. The van der Waals surface area contributed by atoms with Gasteiger partial charge in [-0.25, -0.2) is 0 Å². The standard InChI is InChI=1S/C16H16ClF8IO4/c1-11(2)29-9(27)12(10(28)30-11)3-7(8(4-12)6-26)5-13(18,19)14(20,21)15(22,23)16(17,24)25/h7-8H,3-6H2,1-2H3. The van der Waals surface area contributed by atoms with Gasteiger partial charge in [0.25, 0.3) is 5.79 Å². The van der Waals surface area contributed by atoms with Crippen molar-refractivity contribution in [2.45, 2.75) is 62.0 Å². The molecular weight excluding hydrogens is 571 g/mol. The molecule has 1 spiro atoms. The van der Waals surface area contributed by atoms with E-state index in [9.17, 15) is 44.7 Å². The van der Waals surface area contributed by atoms with Crippen molar-refractivity contribution in [3.8, 4) is 0 Å². The minimum atomic E-state index is -6.56. The SMILES string of the molecule is CC1(C)OC(=O)C2(CC(CI)C(CC(F)(F)C(F)(F)C(F)(F)C(F)(F)Cl)C2)C(=O)O1. The van der Waals surface area contributed by atoms with Crippen LogP contribution in [-0.4, -0.2) is 45.3 Å². The molecule has 1 aliphatic heterocycles. The minimum Gasteiger partial charge on any atom is -0.422 e. The van der Waals surface area contributed by atoms with Crippen LogP contribution in [0.3, 0.4) is 0 Å². The van der Waals surface area contributed by atoms with Crippen molar-refractivity contribution < 1.29 is 54.2 Å². The van der Waals surface area contributed by atoms with Crippen molar-refractivity contribution in [1.29, 1.82) is 0 Å². The Hall–Kier alpha value is -0.600. The van der Waals surface area contributed by atoms with Gasteiger partial charge in [0.15, 0.2) is 5.41 Å². The van der Waals surface area contributed by atoms with Crippen LogP contribution >= 0.6 is 34.2 Å². The molecule has 0 aromatic carbocycles. The average Bonchev–Trinajstić information content (AvgIpc) is 2.90. The highest BCUT2D eigenvalue weighted by Crippen LogP contribution is 2.59. The normalized spacial score (nSPS) is 27.2. The summed E-state index contributed by atoms with van der Waals surface area (Å²) in [5.41, 5.74) is -2.07. The smallest absolute Gasteiger partial charge is 0.392 e. The van der Waals surface area contributed by atoms with E-state index in [-0.39, 0.29) is 4.43 Å². The van der Waals surface area contributed by atoms with E-state index in [0.717, 1.165) is 0 Å². The molecule has 0 aromatic heterocycles. The molecule has 0 radical (unpaired) electrons. The summed E-state index contributed by atoms with van der Waals surface area (Å²) in [5, 5.41) is -5.94. The van der Waals surface area contributed by atoms with Gasteiger partial charge in [0, 0.05) is 24.7 Å². The lowest BCUT2D eigenvalue weighted by molar-refractivity contribution is -0.351. The number of carbonyl (C=O) groups is 2. The summed E-state index contributed by atoms with van der Waals surface area (Å²) in [6, 6.07) is 0. The van der Waals surface area contributed by atoms with E-state index < -0.39 is 77.4 Å². The summed E-state index contributed by atoms with van der Waals surface area (Å²) in [4.78, 5) is 24.8. The largest absolute Gasteiger partial charge is 0.422 e. The third-order valence-electron chi connectivity index (χ3n) is 5.27. The Morgan fingerprint density at radius 3 is 1.77 bits per heavy atom. The number of alkyl halides is 10. The van der Waals surface area contributed by atoms with Gasteiger partial charge in [-0.05, 0) is 36.3 Å². The van der Waals surface area contributed by atoms with Crippen molar-refractivity contribution in [2.75, 3.05) is 4.43 Å². The molecule has 4 nitrogen and oxygen atoms in total. The van der Waals surface area contributed by atoms with E-state index in [1.165, 1.54) is 13.8 Å². The van der Waals surface area contributed by atoms with E-state index in [0.29, 0.717) is 0 Å². The van der Waals surface area contributed by atoms with Crippen LogP contribution in [0.15, 0.2) is 0 Å². The molecule has 0 N–H and O–H groups in total. The van der Waals surface area contributed by atoms with Gasteiger partial charge < -0.3 is 9.47 Å². The number of cyclic esters (lactones) is 2. The summed E-state index contributed by atoms with van der Waals surface area (Å²) in [6.45, 7) is 2.47. The van der Waals surface area contributed by atoms with Crippen molar-refractivity contribution in [1.82, 2.24) is 0 Å². The lowest BCUT2D eigenvalue weighted by Gasteiger charge is -2.38. The molecule has 1 heterocycles. The fourth-order valence-corrected chi connectivity index (χ4v) is 4.82. The van der Waals surface area contributed by atoms with Crippen molar-refractivity contribution >= 4 is 46.1 Å². The second-order valence-electron chi connectivity index (χ2n) is 7.90. The van der Waals surface area contributed by atoms with E-state index in [4.69, 9.17) is 9.47 Å². The second-order valence-corrected chi connectivity index (χ2v) is 9.25. The van der Waals surface area contributed by atoms with E-state index in [1.54, 1.807) is 22.6 Å². The van der Waals surface area contributed by atoms with Gasteiger partial charge in [-0.1, -0.05) is 22.6 Å². The van der Waals surface area contributed by atoms with Crippen LogP contribution in [0.2, 0.25) is 0 Å². The van der Waals surface area contributed by atoms with Crippen LogP contribution in [-0.2, 0) is 19.1 Å². The van der Waals surface area contributed by atoms with Gasteiger partial charge in [0.2, 0.25) is 0 Å². The maximum Gasteiger partial charge on any atom is 0.392 e. The zero-order valence-electron chi connectivity index (χ0n) is 15.4. The number of rotatable bonds is 6. The van der Waals surface area contributed by atoms with Crippen LogP contribution in [0.25, 0.3) is 0 Å². The Kier molecular flexibility index (Phi) is 6.40. The van der Waals surface area contributed by atoms with E-state index >= 15 is 0 Å². The molecule has 2 unspecified atom stereocenters. The number of hydrogen-bond acceptors (Lipinski definition) is 4. The summed E-state index contributed by atoms with van der Waals surface area (Å²) < 4.78 is 118. The number of hydrogen-bond donors (Lipinski definition) is 0. The first-order chi connectivity index (χ1) is 13.2. The molecule has 2 aliphatic rings. The zero-order chi connectivity index (χ0) is 23.6. The summed E-state index contributed by atoms with van der Waals surface area (Å²) in [7, 11) is 0. The molecular formula is C16H16ClF8IO4. The first-order valence-electron chi connectivity index (χ1n) is 8.47. The number of esters is 2. The fraction of sp³-hybridized carbons (Fsp3) is 0.875. The molecule has 0 aromatic rings. The van der Waals surface area contributed by atoms with Crippen molar-refractivity contribution in [3.05, 3.63) is 0 Å². The molecule has 14 heteroatoms. The van der Waals surface area contributed by atoms with Crippen LogP contribution in [0.4, 0.5) is 35.1 Å². The third kappa shape index (κ3) is 3.96. The van der Waals surface area contributed by atoms with Gasteiger partial charge in [-0.2, -0.15) is 35.1 Å². The topological polar surface area (TPSA) is 52.6 Å². The van der Waals surface area contributed by atoms with Crippen molar-refractivity contribution in [2.24, 2.45) is 17.3 Å². The summed E-state index contributed by atoms with van der Waals surface area (Å²) in [5.74, 6) is -25.1. The van der Waals surface area contributed by atoms with Crippen LogP contribution in [0.5, 0.6) is 0 Å². The quantitative estimate of drug-likeness (QED) is 0.138. The Bertz CT molecular complexity index is 705. The Morgan fingerprint density at radius 2 is 1.37 bits per heavy atom. The third-order valence-corrected chi connectivity index (χ3v) is 6.64. The first-order valence-corrected chi connectivity index (χ1v) is 10.4. The fourth-order valence-electron chi connectivity index (χ4n) is 3.68. The van der Waals surface area contributed by atoms with Crippen molar-refractivity contribution in [3.63, 3.8) is 0 Å². The van der Waals surface area contributed by atoms with E-state index in [2.05, 4.69) is 11.6 Å². The molecule has 2 fully saturated rings. The molecule has 2 atom stereocenters. The molecule has 174 valence electrons. The predicted molar refractivity (Wildman–Crippen MR) is 94.1 cm³/mol. The lowest BCUT2D eigenvalue weighted by atomic mass is 9.83. The van der Waals surface area contributed by atoms with Gasteiger partial charge in [-0.15, -0.1) is 0 Å². The van der Waals surface area contributed by atoms with E-state index in [1.807, 2.05) is 0 Å². The molecule has 0 bridgehead atoms. The highest BCUT2D eigenvalue weighted by atomic mass is 127. The maximum absolute atomic E-state index is 14.2. The highest BCUT2D eigenvalue weighted by Gasteiger charge is 2.80. The number of ether oxygens (including phenoxy) is 2. The molecule has 30 heavy (non-hydrogen) atoms. The van der Waals surface area contributed by atoms with Gasteiger partial charge in [0.1, 0.15) is 0 Å². The average molecular weight is 587 g/mol. The van der Waals surface area contributed by atoms with Crippen LogP contribution in [0.1, 0.15) is 33.1 Å². The van der Waals surface area contributed by atoms with Gasteiger partial charge >= 0.3 is 35.1 Å². The Morgan fingerprint density at radius 1 is 0.933 bits per heavy atom.